The fraction of sp³-hybridized carbons (Fsp3) is 0.381. The van der Waals surface area contributed by atoms with Crippen LogP contribution in [0.3, 0.4) is 0 Å². The number of ether oxygens (including phenoxy) is 1. The van der Waals surface area contributed by atoms with Crippen molar-refractivity contribution in [2.24, 2.45) is 0 Å². The molecule has 1 unspecified atom stereocenters. The summed E-state index contributed by atoms with van der Waals surface area (Å²) in [5.41, 5.74) is 0.199. The second kappa shape index (κ2) is 8.38. The Bertz CT molecular complexity index is 1330. The molecule has 2 aromatic heterocycles. The first kappa shape index (κ1) is 22.0. The molecule has 3 aromatic rings. The van der Waals surface area contributed by atoms with E-state index in [1.165, 1.54) is 26.2 Å². The van der Waals surface area contributed by atoms with Crippen LogP contribution in [0.25, 0.3) is 10.9 Å². The maximum atomic E-state index is 12.7. The summed E-state index contributed by atoms with van der Waals surface area (Å²) in [6.45, 7) is 0.959. The van der Waals surface area contributed by atoms with Crippen LogP contribution < -0.4 is 10.9 Å². The molecule has 0 radical (unpaired) electrons. The van der Waals surface area contributed by atoms with E-state index in [-0.39, 0.29) is 16.9 Å². The molecule has 1 atom stereocenters. The van der Waals surface area contributed by atoms with E-state index >= 15 is 0 Å². The van der Waals surface area contributed by atoms with Gasteiger partial charge in [0.2, 0.25) is 10.0 Å². The number of hydrogen-bond acceptors (Lipinski definition) is 7. The Hall–Kier alpha value is -3.20. The van der Waals surface area contributed by atoms with Gasteiger partial charge in [0.25, 0.3) is 5.56 Å². The maximum absolute atomic E-state index is 12.7. The normalized spacial score (nSPS) is 19.2. The SMILES string of the molecule is CN(C)S(=O)(=O)c1ccc(Nc2nn(C3(CC#N)CCCOC3)c3cc[nH]c(=O)c23)cc1. The molecule has 168 valence electrons. The molecule has 1 aliphatic rings. The minimum atomic E-state index is -3.55. The number of pyridine rings is 1. The monoisotopic (exact) mass is 456 g/mol. The molecule has 1 saturated heterocycles. The Morgan fingerprint density at radius 3 is 2.69 bits per heavy atom. The Balaban J connectivity index is 1.78. The van der Waals surface area contributed by atoms with Gasteiger partial charge in [0.05, 0.1) is 35.0 Å². The number of anilines is 2. The molecule has 1 fully saturated rings. The quantitative estimate of drug-likeness (QED) is 0.580. The van der Waals surface area contributed by atoms with Gasteiger partial charge in [-0.05, 0) is 43.2 Å². The van der Waals surface area contributed by atoms with Gasteiger partial charge in [0.15, 0.2) is 5.82 Å². The average Bonchev–Trinajstić information content (AvgIpc) is 3.15. The van der Waals surface area contributed by atoms with Gasteiger partial charge >= 0.3 is 0 Å². The Morgan fingerprint density at radius 1 is 1.31 bits per heavy atom. The van der Waals surface area contributed by atoms with E-state index in [1.807, 2.05) is 0 Å². The minimum absolute atomic E-state index is 0.161. The van der Waals surface area contributed by atoms with Crippen LogP contribution >= 0.6 is 0 Å². The lowest BCUT2D eigenvalue weighted by molar-refractivity contribution is -0.00174. The average molecular weight is 457 g/mol. The van der Waals surface area contributed by atoms with E-state index < -0.39 is 15.6 Å². The largest absolute Gasteiger partial charge is 0.379 e. The molecule has 0 aliphatic carbocycles. The topological polar surface area (TPSA) is 133 Å². The second-order valence-corrected chi connectivity index (χ2v) is 10.1. The predicted molar refractivity (Wildman–Crippen MR) is 119 cm³/mol. The number of sulfonamides is 1. The Morgan fingerprint density at radius 2 is 2.06 bits per heavy atom. The van der Waals surface area contributed by atoms with E-state index in [4.69, 9.17) is 4.74 Å². The zero-order valence-corrected chi connectivity index (χ0v) is 18.6. The van der Waals surface area contributed by atoms with Crippen LogP contribution in [0.1, 0.15) is 19.3 Å². The third kappa shape index (κ3) is 3.77. The van der Waals surface area contributed by atoms with Crippen LogP contribution in [-0.2, 0) is 20.3 Å². The fourth-order valence-electron chi connectivity index (χ4n) is 3.95. The Labute approximate surface area is 185 Å². The molecular weight excluding hydrogens is 432 g/mol. The number of rotatable bonds is 6. The molecule has 3 heterocycles. The van der Waals surface area contributed by atoms with Crippen LogP contribution in [0, 0.1) is 11.3 Å². The molecule has 4 rings (SSSR count). The molecule has 0 bridgehead atoms. The van der Waals surface area contributed by atoms with Gasteiger partial charge in [0, 0.05) is 32.6 Å². The summed E-state index contributed by atoms with van der Waals surface area (Å²) >= 11 is 0. The summed E-state index contributed by atoms with van der Waals surface area (Å²) in [5, 5.41) is 17.6. The van der Waals surface area contributed by atoms with Crippen molar-refractivity contribution in [1.82, 2.24) is 19.1 Å². The molecule has 1 aromatic carbocycles. The van der Waals surface area contributed by atoms with Gasteiger partial charge in [-0.3, -0.25) is 9.48 Å². The van der Waals surface area contributed by atoms with Crippen molar-refractivity contribution >= 4 is 32.4 Å². The second-order valence-electron chi connectivity index (χ2n) is 7.98. The zero-order chi connectivity index (χ0) is 22.9. The van der Waals surface area contributed by atoms with Crippen molar-refractivity contribution in [2.45, 2.75) is 29.7 Å². The molecule has 0 amide bonds. The van der Waals surface area contributed by atoms with E-state index in [2.05, 4.69) is 21.5 Å². The molecule has 1 aliphatic heterocycles. The van der Waals surface area contributed by atoms with E-state index in [0.717, 1.165) is 10.7 Å². The number of aromatic nitrogens is 3. The molecule has 0 spiro atoms. The third-order valence-corrected chi connectivity index (χ3v) is 7.49. The van der Waals surface area contributed by atoms with Crippen LogP contribution in [0.2, 0.25) is 0 Å². The Kier molecular flexibility index (Phi) is 5.77. The van der Waals surface area contributed by atoms with Gasteiger partial charge in [-0.2, -0.15) is 10.4 Å². The molecule has 2 N–H and O–H groups in total. The number of nitrogens with zero attached hydrogens (tertiary/aromatic N) is 4. The maximum Gasteiger partial charge on any atom is 0.261 e. The third-order valence-electron chi connectivity index (χ3n) is 5.66. The molecule has 11 heteroatoms. The van der Waals surface area contributed by atoms with Crippen LogP contribution in [-0.4, -0.2) is 54.8 Å². The van der Waals surface area contributed by atoms with E-state index in [9.17, 15) is 18.5 Å². The highest BCUT2D eigenvalue weighted by molar-refractivity contribution is 7.89. The van der Waals surface area contributed by atoms with Gasteiger partial charge < -0.3 is 15.0 Å². The van der Waals surface area contributed by atoms with E-state index in [0.29, 0.717) is 42.0 Å². The fourth-order valence-corrected chi connectivity index (χ4v) is 4.85. The lowest BCUT2D eigenvalue weighted by atomic mass is 9.89. The molecule has 0 saturated carbocycles. The van der Waals surface area contributed by atoms with Gasteiger partial charge in [-0.1, -0.05) is 0 Å². The number of benzene rings is 1. The highest BCUT2D eigenvalue weighted by Crippen LogP contribution is 2.35. The number of nitriles is 1. The summed E-state index contributed by atoms with van der Waals surface area (Å²) < 4.78 is 33.2. The zero-order valence-electron chi connectivity index (χ0n) is 17.8. The molecule has 32 heavy (non-hydrogen) atoms. The summed E-state index contributed by atoms with van der Waals surface area (Å²) in [4.78, 5) is 15.5. The van der Waals surface area contributed by atoms with E-state index in [1.54, 1.807) is 29.1 Å². The van der Waals surface area contributed by atoms with Crippen molar-refractivity contribution < 1.29 is 13.2 Å². The minimum Gasteiger partial charge on any atom is -0.379 e. The number of fused-ring (bicyclic) bond motifs is 1. The summed E-state index contributed by atoms with van der Waals surface area (Å²) in [6, 6.07) is 10.2. The number of nitrogens with one attached hydrogen (secondary N) is 2. The van der Waals surface area contributed by atoms with Crippen molar-refractivity contribution in [3.8, 4) is 6.07 Å². The number of H-pyrrole nitrogens is 1. The lowest BCUT2D eigenvalue weighted by Gasteiger charge is -2.35. The summed E-state index contributed by atoms with van der Waals surface area (Å²) in [7, 11) is -0.605. The first-order valence-corrected chi connectivity index (χ1v) is 11.6. The van der Waals surface area contributed by atoms with Gasteiger partial charge in [0.1, 0.15) is 5.39 Å². The lowest BCUT2D eigenvalue weighted by Crippen LogP contribution is -2.42. The van der Waals surface area contributed by atoms with Gasteiger partial charge in [-0.15, -0.1) is 0 Å². The van der Waals surface area contributed by atoms with Crippen LogP contribution in [0.5, 0.6) is 0 Å². The number of aromatic amines is 1. The number of hydrogen-bond donors (Lipinski definition) is 2. The predicted octanol–water partition coefficient (Wildman–Crippen LogP) is 2.14. The molecular formula is C21H24N6O4S. The summed E-state index contributed by atoms with van der Waals surface area (Å²) in [6.07, 6.45) is 3.25. The van der Waals surface area contributed by atoms with Crippen molar-refractivity contribution in [3.05, 3.63) is 46.9 Å². The molecule has 10 nitrogen and oxygen atoms in total. The van der Waals surface area contributed by atoms with Crippen molar-refractivity contribution in [1.29, 1.82) is 5.26 Å². The summed E-state index contributed by atoms with van der Waals surface area (Å²) in [5.74, 6) is 0.327. The highest BCUT2D eigenvalue weighted by atomic mass is 32.2. The van der Waals surface area contributed by atoms with Gasteiger partial charge in [-0.25, -0.2) is 12.7 Å². The highest BCUT2D eigenvalue weighted by Gasteiger charge is 2.38. The standard InChI is InChI=1S/C21H24N6O4S/c1-26(2)32(29,30)16-6-4-15(5-7-16)24-19-18-17(8-12-23-20(18)28)27(25-19)21(10-11-22)9-3-13-31-14-21/h4-8,12H,3,9-10,13-14H2,1-2H3,(H,23,28)(H,24,25). The first-order chi connectivity index (χ1) is 15.3. The first-order valence-electron chi connectivity index (χ1n) is 10.1. The van der Waals surface area contributed by atoms with Crippen LogP contribution in [0.15, 0.2) is 46.2 Å². The van der Waals surface area contributed by atoms with Crippen molar-refractivity contribution in [3.63, 3.8) is 0 Å². The smallest absolute Gasteiger partial charge is 0.261 e. The van der Waals surface area contributed by atoms with Crippen LogP contribution in [0.4, 0.5) is 11.5 Å². The van der Waals surface area contributed by atoms with Crippen molar-refractivity contribution in [2.75, 3.05) is 32.6 Å².